The number of benzene rings is 1. The molecule has 1 aromatic heterocycles. The molecule has 0 bridgehead atoms. The zero-order valence-electron chi connectivity index (χ0n) is 7.51. The second-order valence-corrected chi connectivity index (χ2v) is 3.54. The zero-order chi connectivity index (χ0) is 10.3. The Morgan fingerprint density at radius 2 is 2.07 bits per heavy atom. The highest BCUT2D eigenvalue weighted by Gasteiger charge is 2.06. The predicted molar refractivity (Wildman–Crippen MR) is 55.9 cm³/mol. The van der Waals surface area contributed by atoms with Crippen LogP contribution >= 0.6 is 11.6 Å². The van der Waals surface area contributed by atoms with Crippen molar-refractivity contribution in [2.24, 2.45) is 0 Å². The van der Waals surface area contributed by atoms with E-state index in [1.807, 2.05) is 6.92 Å². The van der Waals surface area contributed by atoms with Crippen molar-refractivity contribution in [3.05, 3.63) is 34.7 Å². The van der Waals surface area contributed by atoms with Gasteiger partial charge in [-0.2, -0.15) is 0 Å². The number of hydrogen-bond acceptors (Lipinski definition) is 2. The van der Waals surface area contributed by atoms with Gasteiger partial charge in [-0.15, -0.1) is 0 Å². The number of aryl methyl sites for hydroxylation is 1. The first-order chi connectivity index (χ1) is 6.58. The third-order valence-corrected chi connectivity index (χ3v) is 2.30. The Labute approximate surface area is 85.5 Å². The summed E-state index contributed by atoms with van der Waals surface area (Å²) in [5, 5.41) is 0.747. The highest BCUT2D eigenvalue weighted by molar-refractivity contribution is 6.31. The highest BCUT2D eigenvalue weighted by atomic mass is 35.5. The first-order valence-corrected chi connectivity index (χ1v) is 4.47. The number of halogens is 2. The van der Waals surface area contributed by atoms with Gasteiger partial charge in [0.15, 0.2) is 0 Å². The van der Waals surface area contributed by atoms with Crippen molar-refractivity contribution in [2.45, 2.75) is 6.92 Å². The molecule has 1 aromatic carbocycles. The van der Waals surface area contributed by atoms with Crippen molar-refractivity contribution in [1.82, 2.24) is 4.98 Å². The lowest BCUT2D eigenvalue weighted by Gasteiger charge is -2.04. The van der Waals surface area contributed by atoms with E-state index in [-0.39, 0.29) is 5.02 Å². The molecule has 0 spiro atoms. The maximum atomic E-state index is 13.1. The van der Waals surface area contributed by atoms with Crippen LogP contribution in [0.2, 0.25) is 5.02 Å². The van der Waals surface area contributed by atoms with Gasteiger partial charge in [0.1, 0.15) is 5.82 Å². The summed E-state index contributed by atoms with van der Waals surface area (Å²) in [6, 6.07) is 4.52. The first kappa shape index (κ1) is 9.21. The van der Waals surface area contributed by atoms with Gasteiger partial charge in [-0.05, 0) is 19.1 Å². The number of pyridine rings is 1. The molecule has 14 heavy (non-hydrogen) atoms. The number of nitrogens with two attached hydrogens (primary N) is 1. The van der Waals surface area contributed by atoms with Crippen LogP contribution in [0, 0.1) is 12.7 Å². The van der Waals surface area contributed by atoms with Gasteiger partial charge in [-0.3, -0.25) is 4.98 Å². The number of nitrogens with zero attached hydrogens (tertiary/aromatic N) is 1. The van der Waals surface area contributed by atoms with Gasteiger partial charge in [-0.25, -0.2) is 4.39 Å². The third kappa shape index (κ3) is 1.40. The van der Waals surface area contributed by atoms with Crippen LogP contribution in [-0.2, 0) is 0 Å². The number of fused-ring (bicyclic) bond motifs is 1. The third-order valence-electron chi connectivity index (χ3n) is 2.01. The summed E-state index contributed by atoms with van der Waals surface area (Å²) >= 11 is 5.64. The summed E-state index contributed by atoms with van der Waals surface area (Å²) < 4.78 is 13.1. The molecule has 0 aliphatic rings. The summed E-state index contributed by atoms with van der Waals surface area (Å²) in [6.07, 6.45) is 0. The summed E-state index contributed by atoms with van der Waals surface area (Å²) in [5.74, 6) is -0.475. The Morgan fingerprint density at radius 1 is 1.36 bits per heavy atom. The van der Waals surface area contributed by atoms with Gasteiger partial charge in [0.2, 0.25) is 0 Å². The van der Waals surface area contributed by atoms with Crippen molar-refractivity contribution in [3.8, 4) is 0 Å². The molecule has 0 radical (unpaired) electrons. The summed E-state index contributed by atoms with van der Waals surface area (Å²) in [6.45, 7) is 1.81. The number of nitrogen functional groups attached to an aromatic ring is 1. The van der Waals surface area contributed by atoms with E-state index in [0.29, 0.717) is 16.6 Å². The van der Waals surface area contributed by atoms with E-state index >= 15 is 0 Å². The van der Waals surface area contributed by atoms with Crippen molar-refractivity contribution < 1.29 is 4.39 Å². The van der Waals surface area contributed by atoms with E-state index in [0.717, 1.165) is 5.69 Å². The molecule has 1 heterocycles. The van der Waals surface area contributed by atoms with Gasteiger partial charge in [-0.1, -0.05) is 11.6 Å². The van der Waals surface area contributed by atoms with E-state index in [1.54, 1.807) is 6.07 Å². The Bertz CT molecular complexity index is 511. The second kappa shape index (κ2) is 3.10. The molecule has 2 aromatic rings. The van der Waals surface area contributed by atoms with Gasteiger partial charge in [0, 0.05) is 22.8 Å². The summed E-state index contributed by atoms with van der Waals surface area (Å²) in [5.41, 5.74) is 7.61. The largest absolute Gasteiger partial charge is 0.398 e. The van der Waals surface area contributed by atoms with Gasteiger partial charge in [0.25, 0.3) is 0 Å². The fourth-order valence-corrected chi connectivity index (χ4v) is 1.55. The van der Waals surface area contributed by atoms with Crippen LogP contribution in [0.3, 0.4) is 0 Å². The molecule has 2 N–H and O–H groups in total. The van der Waals surface area contributed by atoms with Crippen molar-refractivity contribution in [1.29, 1.82) is 0 Å². The first-order valence-electron chi connectivity index (χ1n) is 4.10. The Hall–Kier alpha value is -1.35. The lowest BCUT2D eigenvalue weighted by atomic mass is 10.1. The van der Waals surface area contributed by atoms with Crippen LogP contribution in [0.1, 0.15) is 5.69 Å². The molecular formula is C10H8ClFN2. The fraction of sp³-hybridized carbons (Fsp3) is 0.100. The van der Waals surface area contributed by atoms with Crippen LogP contribution in [0.5, 0.6) is 0 Å². The van der Waals surface area contributed by atoms with Gasteiger partial charge >= 0.3 is 0 Å². The SMILES string of the molecule is Cc1cc(N)c2cc(Cl)c(F)cc2n1. The van der Waals surface area contributed by atoms with Crippen LogP contribution in [0.15, 0.2) is 18.2 Å². The summed E-state index contributed by atoms with van der Waals surface area (Å²) in [4.78, 5) is 4.16. The van der Waals surface area contributed by atoms with E-state index in [2.05, 4.69) is 4.98 Å². The van der Waals surface area contributed by atoms with E-state index in [1.165, 1.54) is 12.1 Å². The minimum Gasteiger partial charge on any atom is -0.398 e. The molecule has 0 atom stereocenters. The zero-order valence-corrected chi connectivity index (χ0v) is 8.27. The van der Waals surface area contributed by atoms with Gasteiger partial charge < -0.3 is 5.73 Å². The lowest BCUT2D eigenvalue weighted by Crippen LogP contribution is -1.93. The van der Waals surface area contributed by atoms with Crippen LogP contribution in [0.4, 0.5) is 10.1 Å². The Kier molecular flexibility index (Phi) is 2.04. The second-order valence-electron chi connectivity index (χ2n) is 3.14. The van der Waals surface area contributed by atoms with Crippen molar-refractivity contribution >= 4 is 28.2 Å². The average Bonchev–Trinajstić information content (AvgIpc) is 2.08. The van der Waals surface area contributed by atoms with Crippen LogP contribution in [-0.4, -0.2) is 4.98 Å². The van der Waals surface area contributed by atoms with Crippen molar-refractivity contribution in [2.75, 3.05) is 5.73 Å². The highest BCUT2D eigenvalue weighted by Crippen LogP contribution is 2.26. The average molecular weight is 211 g/mol. The molecule has 0 amide bonds. The van der Waals surface area contributed by atoms with Crippen molar-refractivity contribution in [3.63, 3.8) is 0 Å². The molecule has 0 fully saturated rings. The predicted octanol–water partition coefficient (Wildman–Crippen LogP) is 2.92. The topological polar surface area (TPSA) is 38.9 Å². The molecule has 4 heteroatoms. The van der Waals surface area contributed by atoms with Crippen LogP contribution < -0.4 is 5.73 Å². The van der Waals surface area contributed by atoms with E-state index in [9.17, 15) is 4.39 Å². The Morgan fingerprint density at radius 3 is 2.79 bits per heavy atom. The molecule has 72 valence electrons. The quantitative estimate of drug-likeness (QED) is 0.726. The Balaban J connectivity index is 2.89. The summed E-state index contributed by atoms with van der Waals surface area (Å²) in [7, 11) is 0. The molecule has 0 saturated carbocycles. The maximum absolute atomic E-state index is 13.1. The van der Waals surface area contributed by atoms with Gasteiger partial charge in [0.05, 0.1) is 10.5 Å². The molecule has 2 nitrogen and oxygen atoms in total. The monoisotopic (exact) mass is 210 g/mol. The minimum absolute atomic E-state index is 0.0647. The molecule has 0 saturated heterocycles. The molecular weight excluding hydrogens is 203 g/mol. The maximum Gasteiger partial charge on any atom is 0.143 e. The number of aromatic nitrogens is 1. The smallest absolute Gasteiger partial charge is 0.143 e. The molecule has 0 aliphatic heterocycles. The lowest BCUT2D eigenvalue weighted by molar-refractivity contribution is 0.630. The normalized spacial score (nSPS) is 10.8. The van der Waals surface area contributed by atoms with Crippen LogP contribution in [0.25, 0.3) is 10.9 Å². The number of rotatable bonds is 0. The standard InChI is InChI=1S/C10H8ClFN2/c1-5-2-9(13)6-3-7(11)8(12)4-10(6)14-5/h2-4H,1H3,(H2,13,14). The fourth-order valence-electron chi connectivity index (χ4n) is 1.39. The molecule has 2 rings (SSSR count). The number of hydrogen-bond donors (Lipinski definition) is 1. The molecule has 0 unspecified atom stereocenters. The minimum atomic E-state index is -0.475. The number of anilines is 1. The van der Waals surface area contributed by atoms with E-state index in [4.69, 9.17) is 17.3 Å². The molecule has 0 aliphatic carbocycles. The van der Waals surface area contributed by atoms with E-state index < -0.39 is 5.82 Å².